The van der Waals surface area contributed by atoms with Crippen LogP contribution in [0.2, 0.25) is 5.02 Å². The number of likely N-dealkylation sites (tertiary alicyclic amines) is 1. The Morgan fingerprint density at radius 2 is 1.75 bits per heavy atom. The van der Waals surface area contributed by atoms with E-state index in [9.17, 15) is 14.4 Å². The van der Waals surface area contributed by atoms with Gasteiger partial charge in [0.05, 0.1) is 11.3 Å². The lowest BCUT2D eigenvalue weighted by Gasteiger charge is -2.31. The molecule has 0 aliphatic carbocycles. The van der Waals surface area contributed by atoms with Crippen molar-refractivity contribution < 1.29 is 14.4 Å². The van der Waals surface area contributed by atoms with Crippen molar-refractivity contribution in [1.29, 1.82) is 0 Å². The van der Waals surface area contributed by atoms with Gasteiger partial charge in [-0.05, 0) is 37.1 Å². The summed E-state index contributed by atoms with van der Waals surface area (Å²) in [4.78, 5) is 43.4. The van der Waals surface area contributed by atoms with Gasteiger partial charge in [-0.15, -0.1) is 11.3 Å². The Bertz CT molecular complexity index is 1150. The Balaban J connectivity index is 1.47. The number of primary amides is 1. The molecule has 0 unspecified atom stereocenters. The molecule has 0 bridgehead atoms. The number of hydrogen-bond acceptors (Lipinski definition) is 5. The summed E-state index contributed by atoms with van der Waals surface area (Å²) in [6.07, 6.45) is 1.09. The molecule has 7 nitrogen and oxygen atoms in total. The molecule has 0 saturated carbocycles. The molecule has 0 radical (unpaired) electrons. The minimum Gasteiger partial charge on any atom is -0.369 e. The SMILES string of the molecule is NC(=O)C1CCN(C(=O)c2ccccc2NC(=O)c2csc(-c3ccc(Cl)cc3)n2)CC1. The molecular weight excluding hydrogens is 448 g/mol. The number of thiazole rings is 1. The number of hydrogen-bond donors (Lipinski definition) is 2. The maximum Gasteiger partial charge on any atom is 0.275 e. The molecule has 3 N–H and O–H groups in total. The maximum atomic E-state index is 13.1. The number of carbonyl (C=O) groups is 3. The van der Waals surface area contributed by atoms with E-state index in [1.807, 2.05) is 12.1 Å². The molecule has 2 aromatic carbocycles. The fraction of sp³-hybridized carbons (Fsp3) is 0.217. The van der Waals surface area contributed by atoms with Crippen molar-refractivity contribution in [2.75, 3.05) is 18.4 Å². The number of rotatable bonds is 5. The third-order valence-corrected chi connectivity index (χ3v) is 6.56. The molecule has 1 saturated heterocycles. The Labute approximate surface area is 194 Å². The number of amides is 3. The molecule has 1 aromatic heterocycles. The first-order valence-electron chi connectivity index (χ1n) is 10.1. The number of carbonyl (C=O) groups excluding carboxylic acids is 3. The van der Waals surface area contributed by atoms with E-state index in [0.29, 0.717) is 47.2 Å². The van der Waals surface area contributed by atoms with Crippen molar-refractivity contribution in [3.05, 3.63) is 70.2 Å². The van der Waals surface area contributed by atoms with Crippen LogP contribution in [0.4, 0.5) is 5.69 Å². The van der Waals surface area contributed by atoms with E-state index in [-0.39, 0.29) is 23.4 Å². The predicted molar refractivity (Wildman–Crippen MR) is 125 cm³/mol. The smallest absolute Gasteiger partial charge is 0.275 e. The quantitative estimate of drug-likeness (QED) is 0.589. The minimum atomic E-state index is -0.394. The average molecular weight is 469 g/mol. The van der Waals surface area contributed by atoms with Gasteiger partial charge in [-0.2, -0.15) is 0 Å². The van der Waals surface area contributed by atoms with E-state index < -0.39 is 5.91 Å². The minimum absolute atomic E-state index is 0.191. The van der Waals surface area contributed by atoms with Crippen molar-refractivity contribution in [3.8, 4) is 10.6 Å². The molecule has 3 amide bonds. The lowest BCUT2D eigenvalue weighted by Crippen LogP contribution is -2.42. The van der Waals surface area contributed by atoms with Gasteiger partial charge in [0, 0.05) is 35.0 Å². The van der Waals surface area contributed by atoms with Crippen LogP contribution in [0, 0.1) is 5.92 Å². The highest BCUT2D eigenvalue weighted by atomic mass is 35.5. The summed E-state index contributed by atoms with van der Waals surface area (Å²) >= 11 is 7.28. The zero-order valence-corrected chi connectivity index (χ0v) is 18.7. The van der Waals surface area contributed by atoms with Gasteiger partial charge in [0.15, 0.2) is 0 Å². The van der Waals surface area contributed by atoms with Crippen LogP contribution in [-0.2, 0) is 4.79 Å². The summed E-state index contributed by atoms with van der Waals surface area (Å²) in [5, 5.41) is 5.82. The van der Waals surface area contributed by atoms with Crippen LogP contribution in [0.5, 0.6) is 0 Å². The van der Waals surface area contributed by atoms with Crippen molar-refractivity contribution in [2.45, 2.75) is 12.8 Å². The summed E-state index contributed by atoms with van der Waals surface area (Å²) in [5.74, 6) is -1.11. The number of nitrogens with zero attached hydrogens (tertiary/aromatic N) is 2. The van der Waals surface area contributed by atoms with Crippen LogP contribution in [-0.4, -0.2) is 40.7 Å². The Morgan fingerprint density at radius 1 is 1.06 bits per heavy atom. The van der Waals surface area contributed by atoms with Crippen LogP contribution >= 0.6 is 22.9 Å². The van der Waals surface area contributed by atoms with Gasteiger partial charge in [-0.1, -0.05) is 35.9 Å². The standard InChI is InChI=1S/C23H21ClN4O3S/c24-16-7-5-15(6-8-16)22-27-19(13-32-22)21(30)26-18-4-2-1-3-17(18)23(31)28-11-9-14(10-12-28)20(25)29/h1-8,13-14H,9-12H2,(H2,25,29)(H,26,30). The highest BCUT2D eigenvalue weighted by molar-refractivity contribution is 7.13. The van der Waals surface area contributed by atoms with E-state index in [4.69, 9.17) is 17.3 Å². The van der Waals surface area contributed by atoms with E-state index in [0.717, 1.165) is 5.56 Å². The lowest BCUT2D eigenvalue weighted by atomic mass is 9.95. The monoisotopic (exact) mass is 468 g/mol. The van der Waals surface area contributed by atoms with Crippen molar-refractivity contribution in [3.63, 3.8) is 0 Å². The first-order chi connectivity index (χ1) is 15.4. The highest BCUT2D eigenvalue weighted by Crippen LogP contribution is 2.26. The second-order valence-corrected chi connectivity index (χ2v) is 8.81. The summed E-state index contributed by atoms with van der Waals surface area (Å²) < 4.78 is 0. The molecule has 4 rings (SSSR count). The topological polar surface area (TPSA) is 105 Å². The number of para-hydroxylation sites is 1. The first-order valence-corrected chi connectivity index (χ1v) is 11.4. The van der Waals surface area contributed by atoms with Crippen LogP contribution in [0.25, 0.3) is 10.6 Å². The number of nitrogens with one attached hydrogen (secondary N) is 1. The van der Waals surface area contributed by atoms with Crippen molar-refractivity contribution in [2.24, 2.45) is 11.7 Å². The zero-order chi connectivity index (χ0) is 22.7. The van der Waals surface area contributed by atoms with Crippen LogP contribution in [0.15, 0.2) is 53.9 Å². The molecule has 0 spiro atoms. The number of halogens is 1. The molecule has 164 valence electrons. The lowest BCUT2D eigenvalue weighted by molar-refractivity contribution is -0.123. The third kappa shape index (κ3) is 4.81. The molecule has 2 heterocycles. The zero-order valence-electron chi connectivity index (χ0n) is 17.1. The van der Waals surface area contributed by atoms with Crippen molar-refractivity contribution in [1.82, 2.24) is 9.88 Å². The predicted octanol–water partition coefficient (Wildman–Crippen LogP) is 4.05. The number of piperidine rings is 1. The number of anilines is 1. The number of benzene rings is 2. The van der Waals surface area contributed by atoms with Gasteiger partial charge in [-0.25, -0.2) is 4.98 Å². The number of nitrogens with two attached hydrogens (primary N) is 1. The van der Waals surface area contributed by atoms with E-state index in [1.54, 1.807) is 46.7 Å². The highest BCUT2D eigenvalue weighted by Gasteiger charge is 2.27. The fourth-order valence-electron chi connectivity index (χ4n) is 3.61. The second-order valence-electron chi connectivity index (χ2n) is 7.51. The van der Waals surface area contributed by atoms with Crippen molar-refractivity contribution >= 4 is 46.3 Å². The van der Waals surface area contributed by atoms with Crippen LogP contribution < -0.4 is 11.1 Å². The van der Waals surface area contributed by atoms with Crippen LogP contribution in [0.1, 0.15) is 33.7 Å². The third-order valence-electron chi connectivity index (χ3n) is 5.42. The molecule has 1 aliphatic rings. The summed E-state index contributed by atoms with van der Waals surface area (Å²) in [6.45, 7) is 0.899. The van der Waals surface area contributed by atoms with E-state index >= 15 is 0 Å². The Kier molecular flexibility index (Phi) is 6.53. The molecule has 0 atom stereocenters. The fourth-order valence-corrected chi connectivity index (χ4v) is 4.54. The van der Waals surface area contributed by atoms with Gasteiger partial charge < -0.3 is 16.0 Å². The number of aromatic nitrogens is 1. The van der Waals surface area contributed by atoms with Gasteiger partial charge >= 0.3 is 0 Å². The Hall–Kier alpha value is -3.23. The van der Waals surface area contributed by atoms with Gasteiger partial charge in [0.1, 0.15) is 10.7 Å². The molecule has 32 heavy (non-hydrogen) atoms. The molecular formula is C23H21ClN4O3S. The van der Waals surface area contributed by atoms with Crippen LogP contribution in [0.3, 0.4) is 0 Å². The molecule has 1 fully saturated rings. The second kappa shape index (κ2) is 9.50. The normalized spacial score (nSPS) is 14.2. The molecule has 9 heteroatoms. The molecule has 3 aromatic rings. The van der Waals surface area contributed by atoms with E-state index in [2.05, 4.69) is 10.3 Å². The largest absolute Gasteiger partial charge is 0.369 e. The van der Waals surface area contributed by atoms with E-state index in [1.165, 1.54) is 11.3 Å². The summed E-state index contributed by atoms with van der Waals surface area (Å²) in [7, 11) is 0. The summed E-state index contributed by atoms with van der Waals surface area (Å²) in [5.41, 5.74) is 7.33. The Morgan fingerprint density at radius 3 is 2.44 bits per heavy atom. The summed E-state index contributed by atoms with van der Waals surface area (Å²) in [6, 6.07) is 14.1. The van der Waals surface area contributed by atoms with Gasteiger partial charge in [0.25, 0.3) is 11.8 Å². The average Bonchev–Trinajstić information content (AvgIpc) is 3.30. The first kappa shape index (κ1) is 22.0. The maximum absolute atomic E-state index is 13.1. The van der Waals surface area contributed by atoms with Gasteiger partial charge in [0.2, 0.25) is 5.91 Å². The molecule has 1 aliphatic heterocycles. The van der Waals surface area contributed by atoms with Gasteiger partial charge in [-0.3, -0.25) is 14.4 Å².